The minimum absolute atomic E-state index is 0.578. The smallest absolute Gasteiger partial charge is 0.109 e. The van der Waals surface area contributed by atoms with E-state index in [4.69, 9.17) is 5.73 Å². The molecule has 1 aromatic heterocycles. The Hall–Kier alpha value is -1.62. The van der Waals surface area contributed by atoms with Crippen LogP contribution in [-0.4, -0.2) is 19.5 Å². The van der Waals surface area contributed by atoms with Crippen molar-refractivity contribution in [1.29, 1.82) is 0 Å². The molecule has 0 amide bonds. The van der Waals surface area contributed by atoms with Crippen LogP contribution in [0.2, 0.25) is 0 Å². The Kier molecular flexibility index (Phi) is 3.58. The normalized spacial score (nSPS) is 12.5. The van der Waals surface area contributed by atoms with Crippen molar-refractivity contribution in [2.24, 2.45) is 7.05 Å². The molecule has 1 aromatic carbocycles. The maximum absolute atomic E-state index is 12.0. The molecular formula is C12H15N3OS. The Bertz CT molecular complexity index is 519. The molecule has 0 aliphatic heterocycles. The van der Waals surface area contributed by atoms with Gasteiger partial charge in [-0.3, -0.25) is 4.21 Å². The van der Waals surface area contributed by atoms with Crippen molar-refractivity contribution in [3.63, 3.8) is 0 Å². The summed E-state index contributed by atoms with van der Waals surface area (Å²) in [5.41, 5.74) is 6.28. The Morgan fingerprint density at radius 1 is 1.35 bits per heavy atom. The van der Waals surface area contributed by atoms with Gasteiger partial charge in [0.2, 0.25) is 0 Å². The lowest BCUT2D eigenvalue weighted by Crippen LogP contribution is -2.06. The average molecular weight is 249 g/mol. The van der Waals surface area contributed by atoms with Crippen LogP contribution in [-0.2, 0) is 24.3 Å². The molecule has 0 fully saturated rings. The van der Waals surface area contributed by atoms with E-state index in [0.717, 1.165) is 10.7 Å². The van der Waals surface area contributed by atoms with Crippen LogP contribution in [0.15, 0.2) is 41.6 Å². The van der Waals surface area contributed by atoms with Gasteiger partial charge < -0.3 is 10.3 Å². The number of aryl methyl sites for hydroxylation is 2. The van der Waals surface area contributed by atoms with E-state index in [-0.39, 0.29) is 0 Å². The lowest BCUT2D eigenvalue weighted by atomic mass is 10.3. The van der Waals surface area contributed by atoms with E-state index < -0.39 is 10.8 Å². The van der Waals surface area contributed by atoms with Crippen molar-refractivity contribution in [3.8, 4) is 0 Å². The third-order valence-electron chi connectivity index (χ3n) is 2.58. The van der Waals surface area contributed by atoms with Crippen LogP contribution < -0.4 is 5.73 Å². The second-order valence-electron chi connectivity index (χ2n) is 3.82. The van der Waals surface area contributed by atoms with Gasteiger partial charge in [0.15, 0.2) is 0 Å². The number of nitrogen functional groups attached to an aromatic ring is 1. The van der Waals surface area contributed by atoms with E-state index in [2.05, 4.69) is 4.98 Å². The van der Waals surface area contributed by atoms with Crippen LogP contribution >= 0.6 is 0 Å². The molecule has 0 aliphatic carbocycles. The zero-order valence-electron chi connectivity index (χ0n) is 9.67. The third-order valence-corrected chi connectivity index (χ3v) is 3.95. The monoisotopic (exact) mass is 249 g/mol. The van der Waals surface area contributed by atoms with Gasteiger partial charge >= 0.3 is 0 Å². The summed E-state index contributed by atoms with van der Waals surface area (Å²) >= 11 is 0. The molecule has 2 aromatic rings. The van der Waals surface area contributed by atoms with Gasteiger partial charge in [0.05, 0.1) is 10.8 Å². The van der Waals surface area contributed by atoms with Crippen molar-refractivity contribution < 1.29 is 4.21 Å². The summed E-state index contributed by atoms with van der Waals surface area (Å²) < 4.78 is 13.9. The Morgan fingerprint density at radius 2 is 2.06 bits per heavy atom. The molecule has 1 heterocycles. The largest absolute Gasteiger partial charge is 0.399 e. The van der Waals surface area contributed by atoms with Gasteiger partial charge in [0.1, 0.15) is 5.82 Å². The Balaban J connectivity index is 1.98. The minimum atomic E-state index is -0.993. The van der Waals surface area contributed by atoms with Gasteiger partial charge in [-0.15, -0.1) is 0 Å². The summed E-state index contributed by atoms with van der Waals surface area (Å²) in [6, 6.07) is 7.16. The number of nitrogens with zero attached hydrogens (tertiary/aromatic N) is 2. The predicted octanol–water partition coefficient (Wildman–Crippen LogP) is 1.35. The zero-order chi connectivity index (χ0) is 12.3. The number of hydrogen-bond acceptors (Lipinski definition) is 3. The second-order valence-corrected chi connectivity index (χ2v) is 5.39. The van der Waals surface area contributed by atoms with Crippen molar-refractivity contribution in [2.75, 3.05) is 11.5 Å². The molecule has 0 spiro atoms. The van der Waals surface area contributed by atoms with Crippen LogP contribution in [0.1, 0.15) is 5.82 Å². The summed E-state index contributed by atoms with van der Waals surface area (Å²) in [6.07, 6.45) is 4.35. The molecule has 0 radical (unpaired) electrons. The maximum Gasteiger partial charge on any atom is 0.109 e. The molecule has 4 nitrogen and oxygen atoms in total. The Morgan fingerprint density at radius 3 is 2.65 bits per heavy atom. The maximum atomic E-state index is 12.0. The minimum Gasteiger partial charge on any atom is -0.399 e. The average Bonchev–Trinajstić information content (AvgIpc) is 2.73. The number of aromatic nitrogens is 2. The fourth-order valence-electron chi connectivity index (χ4n) is 1.56. The fourth-order valence-corrected chi connectivity index (χ4v) is 2.60. The molecule has 0 aliphatic rings. The molecular weight excluding hydrogens is 234 g/mol. The van der Waals surface area contributed by atoms with Crippen LogP contribution in [0.4, 0.5) is 5.69 Å². The van der Waals surface area contributed by atoms with E-state index >= 15 is 0 Å². The standard InChI is InChI=1S/C12H15N3OS/c1-15-8-7-14-12(15)6-9-17(16)11-4-2-10(13)3-5-11/h2-5,7-8H,6,9,13H2,1H3. The first kappa shape index (κ1) is 11.9. The molecule has 2 rings (SSSR count). The molecule has 0 saturated heterocycles. The highest BCUT2D eigenvalue weighted by atomic mass is 32.2. The summed E-state index contributed by atoms with van der Waals surface area (Å²) in [6.45, 7) is 0. The first-order valence-electron chi connectivity index (χ1n) is 5.37. The van der Waals surface area contributed by atoms with Crippen LogP contribution in [0.3, 0.4) is 0 Å². The fraction of sp³-hybridized carbons (Fsp3) is 0.250. The molecule has 1 unspecified atom stereocenters. The second kappa shape index (κ2) is 5.14. The van der Waals surface area contributed by atoms with E-state index in [1.807, 2.05) is 29.9 Å². The number of rotatable bonds is 4. The van der Waals surface area contributed by atoms with E-state index in [0.29, 0.717) is 17.9 Å². The summed E-state index contributed by atoms with van der Waals surface area (Å²) in [5, 5.41) is 0. The molecule has 0 saturated carbocycles. The van der Waals surface area contributed by atoms with Gasteiger partial charge in [0.25, 0.3) is 0 Å². The van der Waals surface area contributed by atoms with Gasteiger partial charge in [0, 0.05) is 42.2 Å². The van der Waals surface area contributed by atoms with Gasteiger partial charge in [-0.05, 0) is 24.3 Å². The van der Waals surface area contributed by atoms with Gasteiger partial charge in [-0.25, -0.2) is 4.98 Å². The highest BCUT2D eigenvalue weighted by molar-refractivity contribution is 7.85. The zero-order valence-corrected chi connectivity index (χ0v) is 10.5. The number of imidazole rings is 1. The first-order chi connectivity index (χ1) is 8.16. The first-order valence-corrected chi connectivity index (χ1v) is 6.69. The molecule has 2 N–H and O–H groups in total. The highest BCUT2D eigenvalue weighted by Gasteiger charge is 2.06. The lowest BCUT2D eigenvalue weighted by molar-refractivity contribution is 0.680. The molecule has 5 heteroatoms. The van der Waals surface area contributed by atoms with Crippen molar-refractivity contribution >= 4 is 16.5 Å². The number of anilines is 1. The molecule has 17 heavy (non-hydrogen) atoms. The Labute approximate surface area is 103 Å². The highest BCUT2D eigenvalue weighted by Crippen LogP contribution is 2.11. The van der Waals surface area contributed by atoms with Crippen LogP contribution in [0.5, 0.6) is 0 Å². The van der Waals surface area contributed by atoms with E-state index in [9.17, 15) is 4.21 Å². The number of benzene rings is 1. The quantitative estimate of drug-likeness (QED) is 0.832. The van der Waals surface area contributed by atoms with Gasteiger partial charge in [-0.1, -0.05) is 0 Å². The molecule has 90 valence electrons. The molecule has 1 atom stereocenters. The van der Waals surface area contributed by atoms with Gasteiger partial charge in [-0.2, -0.15) is 0 Å². The van der Waals surface area contributed by atoms with Crippen molar-refractivity contribution in [1.82, 2.24) is 9.55 Å². The topological polar surface area (TPSA) is 60.9 Å². The van der Waals surface area contributed by atoms with Crippen molar-refractivity contribution in [2.45, 2.75) is 11.3 Å². The summed E-state index contributed by atoms with van der Waals surface area (Å²) in [4.78, 5) is 5.02. The molecule has 0 bridgehead atoms. The summed E-state index contributed by atoms with van der Waals surface area (Å²) in [7, 11) is 0.946. The van der Waals surface area contributed by atoms with Crippen molar-refractivity contribution in [3.05, 3.63) is 42.5 Å². The van der Waals surface area contributed by atoms with Crippen LogP contribution in [0.25, 0.3) is 0 Å². The van der Waals surface area contributed by atoms with E-state index in [1.165, 1.54) is 0 Å². The van der Waals surface area contributed by atoms with Crippen LogP contribution in [0, 0.1) is 0 Å². The third kappa shape index (κ3) is 2.94. The number of nitrogens with two attached hydrogens (primary N) is 1. The SMILES string of the molecule is Cn1ccnc1CCS(=O)c1ccc(N)cc1. The van der Waals surface area contributed by atoms with E-state index in [1.54, 1.807) is 18.3 Å². The number of hydrogen-bond donors (Lipinski definition) is 1. The lowest BCUT2D eigenvalue weighted by Gasteiger charge is -2.03. The predicted molar refractivity (Wildman–Crippen MR) is 69.0 cm³/mol. The summed E-state index contributed by atoms with van der Waals surface area (Å²) in [5.74, 6) is 1.53.